The van der Waals surface area contributed by atoms with Crippen molar-refractivity contribution in [2.75, 3.05) is 7.11 Å². The Bertz CT molecular complexity index is 769. The first-order valence-electron chi connectivity index (χ1n) is 7.16. The maximum Gasteiger partial charge on any atom is 0.166 e. The van der Waals surface area contributed by atoms with E-state index in [2.05, 4.69) is 9.97 Å². The molecule has 0 fully saturated rings. The molecular formula is C18H16N2O3. The molecule has 1 aromatic carbocycles. The number of hydrogen-bond donors (Lipinski definition) is 2. The van der Waals surface area contributed by atoms with Crippen molar-refractivity contribution in [3.63, 3.8) is 0 Å². The van der Waals surface area contributed by atoms with Crippen molar-refractivity contribution in [2.24, 2.45) is 0 Å². The second-order valence-corrected chi connectivity index (χ2v) is 5.22. The lowest BCUT2D eigenvalue weighted by Crippen LogP contribution is -2.01. The molecule has 3 aromatic rings. The van der Waals surface area contributed by atoms with Crippen molar-refractivity contribution >= 4 is 12.6 Å². The van der Waals surface area contributed by atoms with E-state index in [4.69, 9.17) is 4.74 Å². The van der Waals surface area contributed by atoms with Gasteiger partial charge in [0.1, 0.15) is 5.75 Å². The third kappa shape index (κ3) is 2.94. The van der Waals surface area contributed by atoms with Crippen molar-refractivity contribution in [2.45, 2.75) is 5.92 Å². The number of nitrogens with one attached hydrogen (secondary N) is 2. The van der Waals surface area contributed by atoms with Crippen LogP contribution in [0.15, 0.2) is 48.8 Å². The van der Waals surface area contributed by atoms with Crippen LogP contribution in [-0.4, -0.2) is 29.7 Å². The summed E-state index contributed by atoms with van der Waals surface area (Å²) in [5.41, 5.74) is 3.98. The number of carbonyl (C=O) groups excluding carboxylic acids is 2. The molecule has 0 radical (unpaired) electrons. The minimum atomic E-state index is -0.0872. The number of benzene rings is 1. The number of hydrogen-bond acceptors (Lipinski definition) is 3. The molecule has 5 nitrogen and oxygen atoms in total. The molecule has 2 N–H and O–H groups in total. The predicted octanol–water partition coefficient (Wildman–Crippen LogP) is 3.16. The monoisotopic (exact) mass is 308 g/mol. The van der Waals surface area contributed by atoms with Crippen LogP contribution in [-0.2, 0) is 0 Å². The normalized spacial score (nSPS) is 10.7. The summed E-state index contributed by atoms with van der Waals surface area (Å²) in [7, 11) is 1.62. The first-order valence-corrected chi connectivity index (χ1v) is 7.16. The minimum absolute atomic E-state index is 0.0872. The fourth-order valence-corrected chi connectivity index (χ4v) is 2.70. The summed E-state index contributed by atoms with van der Waals surface area (Å²) in [4.78, 5) is 27.8. The molecule has 0 unspecified atom stereocenters. The fraction of sp³-hybridized carbons (Fsp3) is 0.111. The number of carbonyl (C=O) groups is 2. The molecule has 0 bridgehead atoms. The number of methoxy groups -OCH3 is 1. The van der Waals surface area contributed by atoms with E-state index in [1.807, 2.05) is 48.8 Å². The lowest BCUT2D eigenvalue weighted by Gasteiger charge is -2.15. The van der Waals surface area contributed by atoms with Crippen LogP contribution < -0.4 is 4.74 Å². The molecule has 3 rings (SSSR count). The van der Waals surface area contributed by atoms with Gasteiger partial charge < -0.3 is 14.7 Å². The summed E-state index contributed by atoms with van der Waals surface area (Å²) in [5, 5.41) is 0. The van der Waals surface area contributed by atoms with Gasteiger partial charge in [0.05, 0.1) is 18.5 Å². The molecule has 2 heterocycles. The summed E-state index contributed by atoms with van der Waals surface area (Å²) in [5.74, 6) is 0.689. The van der Waals surface area contributed by atoms with E-state index in [0.29, 0.717) is 11.4 Å². The predicted molar refractivity (Wildman–Crippen MR) is 86.3 cm³/mol. The van der Waals surface area contributed by atoms with E-state index < -0.39 is 0 Å². The highest BCUT2D eigenvalue weighted by Gasteiger charge is 2.19. The highest BCUT2D eigenvalue weighted by atomic mass is 16.5. The lowest BCUT2D eigenvalue weighted by atomic mass is 9.88. The number of H-pyrrole nitrogens is 2. The van der Waals surface area contributed by atoms with Crippen molar-refractivity contribution in [1.29, 1.82) is 0 Å². The molecule has 0 atom stereocenters. The molecule has 0 saturated heterocycles. The van der Waals surface area contributed by atoms with Gasteiger partial charge in [-0.15, -0.1) is 0 Å². The Hall–Kier alpha value is -3.08. The van der Waals surface area contributed by atoms with Gasteiger partial charge in [0, 0.05) is 18.3 Å². The number of rotatable bonds is 6. The van der Waals surface area contributed by atoms with Crippen molar-refractivity contribution < 1.29 is 14.3 Å². The van der Waals surface area contributed by atoms with Crippen LogP contribution in [0.3, 0.4) is 0 Å². The summed E-state index contributed by atoms with van der Waals surface area (Å²) in [6, 6.07) is 11.4. The maximum absolute atomic E-state index is 10.9. The van der Waals surface area contributed by atoms with Crippen LogP contribution in [0.5, 0.6) is 5.75 Å². The molecule has 0 spiro atoms. The first kappa shape index (κ1) is 14.8. The van der Waals surface area contributed by atoms with Gasteiger partial charge in [-0.1, -0.05) is 12.1 Å². The topological polar surface area (TPSA) is 75.0 Å². The van der Waals surface area contributed by atoms with Gasteiger partial charge in [0.15, 0.2) is 12.6 Å². The Morgan fingerprint density at radius 2 is 1.39 bits per heavy atom. The average molecular weight is 308 g/mol. The smallest absolute Gasteiger partial charge is 0.166 e. The zero-order valence-corrected chi connectivity index (χ0v) is 12.6. The standard InChI is InChI=1S/C18H16N2O3/c1-23-17-4-2-12(3-5-17)18(13-6-15(10-21)19-8-13)14-7-16(11-22)20-9-14/h2-11,18-20H,1H3. The van der Waals surface area contributed by atoms with E-state index in [0.717, 1.165) is 35.0 Å². The van der Waals surface area contributed by atoms with Crippen LogP contribution in [0.25, 0.3) is 0 Å². The first-order chi connectivity index (χ1) is 11.2. The van der Waals surface area contributed by atoms with Crippen LogP contribution >= 0.6 is 0 Å². The summed E-state index contributed by atoms with van der Waals surface area (Å²) in [6.45, 7) is 0. The van der Waals surface area contributed by atoms with Gasteiger partial charge in [0.25, 0.3) is 0 Å². The van der Waals surface area contributed by atoms with Gasteiger partial charge in [-0.3, -0.25) is 9.59 Å². The second-order valence-electron chi connectivity index (χ2n) is 5.22. The highest BCUT2D eigenvalue weighted by Crippen LogP contribution is 2.33. The Morgan fingerprint density at radius 3 is 1.78 bits per heavy atom. The molecule has 5 heteroatoms. The Morgan fingerprint density at radius 1 is 0.870 bits per heavy atom. The average Bonchev–Trinajstić information content (AvgIpc) is 3.25. The van der Waals surface area contributed by atoms with E-state index >= 15 is 0 Å². The third-order valence-corrected chi connectivity index (χ3v) is 3.83. The van der Waals surface area contributed by atoms with E-state index in [9.17, 15) is 9.59 Å². The number of aromatic nitrogens is 2. The summed E-state index contributed by atoms with van der Waals surface area (Å²) >= 11 is 0. The van der Waals surface area contributed by atoms with Crippen molar-refractivity contribution in [3.05, 3.63) is 76.9 Å². The van der Waals surface area contributed by atoms with Gasteiger partial charge in [-0.05, 0) is 41.0 Å². The third-order valence-electron chi connectivity index (χ3n) is 3.83. The Balaban J connectivity index is 2.07. The zero-order valence-electron chi connectivity index (χ0n) is 12.6. The van der Waals surface area contributed by atoms with Gasteiger partial charge in [0.2, 0.25) is 0 Å². The quantitative estimate of drug-likeness (QED) is 0.687. The molecule has 2 aromatic heterocycles. The molecule has 0 aliphatic rings. The number of ether oxygens (including phenoxy) is 1. The zero-order chi connectivity index (χ0) is 16.2. The molecule has 116 valence electrons. The Kier molecular flexibility index (Phi) is 4.10. The lowest BCUT2D eigenvalue weighted by molar-refractivity contribution is 0.111. The summed E-state index contributed by atoms with van der Waals surface area (Å²) in [6.07, 6.45) is 5.18. The molecule has 0 saturated carbocycles. The number of aromatic amines is 2. The van der Waals surface area contributed by atoms with Gasteiger partial charge in [-0.25, -0.2) is 0 Å². The van der Waals surface area contributed by atoms with Crippen molar-refractivity contribution in [3.8, 4) is 5.75 Å². The maximum atomic E-state index is 10.9. The van der Waals surface area contributed by atoms with Crippen LogP contribution in [0.1, 0.15) is 43.6 Å². The molecule has 0 aliphatic heterocycles. The molecular weight excluding hydrogens is 292 g/mol. The molecule has 23 heavy (non-hydrogen) atoms. The van der Waals surface area contributed by atoms with Crippen molar-refractivity contribution in [1.82, 2.24) is 9.97 Å². The largest absolute Gasteiger partial charge is 0.497 e. The minimum Gasteiger partial charge on any atom is -0.497 e. The SMILES string of the molecule is COc1ccc(C(c2c[nH]c(C=O)c2)c2c[nH]c(C=O)c2)cc1. The Labute approximate surface area is 133 Å². The van der Waals surface area contributed by atoms with Gasteiger partial charge >= 0.3 is 0 Å². The molecule has 0 aliphatic carbocycles. The van der Waals surface area contributed by atoms with Crippen LogP contribution in [0.2, 0.25) is 0 Å². The summed E-state index contributed by atoms with van der Waals surface area (Å²) < 4.78 is 5.20. The molecule has 0 amide bonds. The van der Waals surface area contributed by atoms with Gasteiger partial charge in [-0.2, -0.15) is 0 Å². The fourth-order valence-electron chi connectivity index (χ4n) is 2.70. The van der Waals surface area contributed by atoms with E-state index in [1.165, 1.54) is 0 Å². The van der Waals surface area contributed by atoms with E-state index in [-0.39, 0.29) is 5.92 Å². The van der Waals surface area contributed by atoms with Crippen LogP contribution in [0, 0.1) is 0 Å². The number of aldehydes is 2. The second kappa shape index (κ2) is 6.36. The van der Waals surface area contributed by atoms with Crippen LogP contribution in [0.4, 0.5) is 0 Å². The highest BCUT2D eigenvalue weighted by molar-refractivity contribution is 5.74. The van der Waals surface area contributed by atoms with E-state index in [1.54, 1.807) is 7.11 Å².